The molecule has 2 aliphatic carbocycles. The minimum atomic E-state index is 0.00216. The summed E-state index contributed by atoms with van der Waals surface area (Å²) < 4.78 is 1.65. The summed E-state index contributed by atoms with van der Waals surface area (Å²) in [5.74, 6) is 0.654. The molecule has 0 radical (unpaired) electrons. The van der Waals surface area contributed by atoms with Gasteiger partial charge in [0.05, 0.1) is 0 Å². The number of rotatable bonds is 6. The Kier molecular flexibility index (Phi) is 8.33. The van der Waals surface area contributed by atoms with Crippen LogP contribution in [0.2, 0.25) is 0 Å². The molecule has 27 heavy (non-hydrogen) atoms. The van der Waals surface area contributed by atoms with E-state index in [0.29, 0.717) is 5.84 Å². The van der Waals surface area contributed by atoms with Crippen molar-refractivity contribution in [2.24, 2.45) is 16.1 Å². The van der Waals surface area contributed by atoms with Crippen LogP contribution in [0.3, 0.4) is 0 Å². The Morgan fingerprint density at radius 2 is 1.93 bits per heavy atom. The van der Waals surface area contributed by atoms with Gasteiger partial charge >= 0.3 is 144 Å². The van der Waals surface area contributed by atoms with Crippen molar-refractivity contribution in [3.63, 3.8) is 0 Å². The van der Waals surface area contributed by atoms with Gasteiger partial charge in [-0.2, -0.15) is 0 Å². The molecule has 0 saturated heterocycles. The zero-order chi connectivity index (χ0) is 19.9. The Labute approximate surface area is 176 Å². The second-order valence-corrected chi connectivity index (χ2v) is 10.5. The SMILES string of the molecule is C[I-]/C1=C/CC(C)=C/C(CCCN=C(N)C2=CC(C)(C)C=C(C)C=C2)=C\C1. The summed E-state index contributed by atoms with van der Waals surface area (Å²) in [5.41, 5.74) is 11.5. The van der Waals surface area contributed by atoms with Crippen molar-refractivity contribution in [1.29, 1.82) is 0 Å². The number of hydrogen-bond acceptors (Lipinski definition) is 1. The van der Waals surface area contributed by atoms with Crippen LogP contribution in [-0.4, -0.2) is 17.3 Å². The normalized spacial score (nSPS) is 24.5. The molecule has 0 aromatic rings. The van der Waals surface area contributed by atoms with E-state index in [-0.39, 0.29) is 26.6 Å². The van der Waals surface area contributed by atoms with E-state index in [4.69, 9.17) is 5.73 Å². The van der Waals surface area contributed by atoms with E-state index in [1.54, 1.807) is 3.58 Å². The van der Waals surface area contributed by atoms with E-state index in [0.717, 1.165) is 37.8 Å². The van der Waals surface area contributed by atoms with Gasteiger partial charge in [-0.1, -0.05) is 25.5 Å². The number of allylic oxidation sites excluding steroid dienone is 10. The Morgan fingerprint density at radius 3 is 2.67 bits per heavy atom. The van der Waals surface area contributed by atoms with Crippen molar-refractivity contribution in [1.82, 2.24) is 0 Å². The summed E-state index contributed by atoms with van der Waals surface area (Å²) >= 11 is 0.204. The van der Waals surface area contributed by atoms with Gasteiger partial charge in [-0.3, -0.25) is 0 Å². The maximum atomic E-state index is 6.28. The van der Waals surface area contributed by atoms with Gasteiger partial charge in [-0.05, 0) is 6.92 Å². The molecule has 0 saturated carbocycles. The quantitative estimate of drug-likeness (QED) is 0.207. The molecule has 0 fully saturated rings. The van der Waals surface area contributed by atoms with Crippen LogP contribution in [0.1, 0.15) is 53.4 Å². The summed E-state index contributed by atoms with van der Waals surface area (Å²) in [7, 11) is 0. The molecule has 2 rings (SSSR count). The zero-order valence-corrected chi connectivity index (χ0v) is 19.6. The summed E-state index contributed by atoms with van der Waals surface area (Å²) in [6.45, 7) is 9.54. The third-order valence-corrected chi connectivity index (χ3v) is 7.00. The van der Waals surface area contributed by atoms with Gasteiger partial charge in [0.2, 0.25) is 0 Å². The van der Waals surface area contributed by atoms with Crippen molar-refractivity contribution in [3.05, 3.63) is 68.4 Å². The Hall–Kier alpha value is -1.36. The zero-order valence-electron chi connectivity index (χ0n) is 17.5. The fourth-order valence-corrected chi connectivity index (χ4v) is 4.75. The predicted octanol–water partition coefficient (Wildman–Crippen LogP) is 2.86. The average molecular weight is 477 g/mol. The Balaban J connectivity index is 1.95. The molecule has 3 heteroatoms. The summed E-state index contributed by atoms with van der Waals surface area (Å²) in [6.07, 6.45) is 20.2. The molecule has 0 atom stereocenters. The standard InChI is InChI=1S/C24H34IN2/c1-18-9-12-22(25-5)13-10-20(15-18)7-6-14-27-23(26)21-11-8-19(2)16-24(3,4)17-21/h8,10-12,15-17H,6-7,9,13-14H2,1-5H3,(H2,26,27)/q-1/b18-15?,20-10-,22-12+. The molecule has 0 heterocycles. The molecular formula is C24H34IN2-. The topological polar surface area (TPSA) is 38.4 Å². The molecular weight excluding hydrogens is 443 g/mol. The van der Waals surface area contributed by atoms with Crippen LogP contribution < -0.4 is 26.9 Å². The summed E-state index contributed by atoms with van der Waals surface area (Å²) in [4.78, 5) is 7.01. The molecule has 0 bridgehead atoms. The number of nitrogens with zero attached hydrogens (tertiary/aromatic N) is 1. The van der Waals surface area contributed by atoms with Crippen molar-refractivity contribution in [2.45, 2.75) is 53.4 Å². The number of alkyl halides is 1. The number of hydrogen-bond donors (Lipinski definition) is 1. The first-order chi connectivity index (χ1) is 12.8. The van der Waals surface area contributed by atoms with Crippen LogP contribution in [0.25, 0.3) is 0 Å². The second-order valence-electron chi connectivity index (χ2n) is 8.03. The van der Waals surface area contributed by atoms with Crippen molar-refractivity contribution in [2.75, 3.05) is 11.5 Å². The van der Waals surface area contributed by atoms with E-state index in [2.05, 4.69) is 80.1 Å². The average Bonchev–Trinajstić information content (AvgIpc) is 2.73. The first-order valence-electron chi connectivity index (χ1n) is 9.74. The van der Waals surface area contributed by atoms with Crippen molar-refractivity contribution in [3.8, 4) is 0 Å². The van der Waals surface area contributed by atoms with E-state index < -0.39 is 0 Å². The van der Waals surface area contributed by atoms with Gasteiger partial charge in [0, 0.05) is 0 Å². The molecule has 2 aliphatic rings. The van der Waals surface area contributed by atoms with Gasteiger partial charge in [-0.15, -0.1) is 0 Å². The minimum absolute atomic E-state index is 0.00216. The molecule has 0 unspecified atom stereocenters. The molecule has 148 valence electrons. The molecule has 0 amide bonds. The van der Waals surface area contributed by atoms with Crippen molar-refractivity contribution < 1.29 is 21.2 Å². The summed E-state index contributed by atoms with van der Waals surface area (Å²) in [5, 5.41) is 0. The van der Waals surface area contributed by atoms with Gasteiger partial charge < -0.3 is 0 Å². The number of halogens is 1. The Bertz CT molecular complexity index is 755. The van der Waals surface area contributed by atoms with Crippen LogP contribution in [0.5, 0.6) is 0 Å². The van der Waals surface area contributed by atoms with Gasteiger partial charge in [0.25, 0.3) is 0 Å². The number of amidine groups is 1. The van der Waals surface area contributed by atoms with Crippen LogP contribution in [0.4, 0.5) is 0 Å². The molecule has 0 aliphatic heterocycles. The third-order valence-electron chi connectivity index (χ3n) is 4.73. The van der Waals surface area contributed by atoms with Crippen LogP contribution in [0.15, 0.2) is 73.4 Å². The molecule has 0 spiro atoms. The van der Waals surface area contributed by atoms with E-state index in [1.165, 1.54) is 16.7 Å². The Morgan fingerprint density at radius 1 is 1.15 bits per heavy atom. The van der Waals surface area contributed by atoms with E-state index in [1.807, 2.05) is 0 Å². The van der Waals surface area contributed by atoms with Gasteiger partial charge in [0.15, 0.2) is 0 Å². The molecule has 0 aromatic heterocycles. The molecule has 2 N–H and O–H groups in total. The van der Waals surface area contributed by atoms with Crippen LogP contribution in [0, 0.1) is 5.41 Å². The maximum absolute atomic E-state index is 6.28. The van der Waals surface area contributed by atoms with Gasteiger partial charge in [0.1, 0.15) is 0 Å². The third kappa shape index (κ3) is 7.65. The number of nitrogens with two attached hydrogens (primary N) is 1. The molecule has 2 nitrogen and oxygen atoms in total. The fraction of sp³-hybridized carbons (Fsp3) is 0.458. The fourth-order valence-electron chi connectivity index (χ4n) is 3.43. The monoisotopic (exact) mass is 477 g/mol. The first kappa shape index (κ1) is 21.9. The first-order valence-corrected chi connectivity index (χ1v) is 13.0. The molecule has 0 aromatic carbocycles. The predicted molar refractivity (Wildman–Crippen MR) is 116 cm³/mol. The van der Waals surface area contributed by atoms with Crippen LogP contribution in [-0.2, 0) is 0 Å². The van der Waals surface area contributed by atoms with E-state index >= 15 is 0 Å². The van der Waals surface area contributed by atoms with Crippen LogP contribution >= 0.6 is 0 Å². The van der Waals surface area contributed by atoms with Gasteiger partial charge in [-0.25, -0.2) is 0 Å². The van der Waals surface area contributed by atoms with E-state index in [9.17, 15) is 0 Å². The number of aliphatic imine (C=N–C) groups is 1. The summed E-state index contributed by atoms with van der Waals surface area (Å²) in [6, 6.07) is 0. The van der Waals surface area contributed by atoms with Crippen molar-refractivity contribution >= 4 is 5.84 Å². The second kappa shape index (κ2) is 10.3.